The second-order valence-corrected chi connectivity index (χ2v) is 11.7. The van der Waals surface area contributed by atoms with Gasteiger partial charge in [-0.25, -0.2) is 15.4 Å². The molecular weight excluding hydrogens is 606 g/mol. The van der Waals surface area contributed by atoms with E-state index < -0.39 is 29.4 Å². The van der Waals surface area contributed by atoms with Gasteiger partial charge in [0.2, 0.25) is 0 Å². The Labute approximate surface area is 263 Å². The van der Waals surface area contributed by atoms with Crippen LogP contribution in [0.25, 0.3) is 21.9 Å². The molecule has 0 fully saturated rings. The summed E-state index contributed by atoms with van der Waals surface area (Å²) in [6.45, 7) is 4.91. The monoisotopic (exact) mass is 639 g/mol. The van der Waals surface area contributed by atoms with Gasteiger partial charge in [0, 0.05) is 55.0 Å². The van der Waals surface area contributed by atoms with Crippen LogP contribution in [0.1, 0.15) is 51.9 Å². The number of nitrogens with zero attached hydrogens (tertiary/aromatic N) is 3. The summed E-state index contributed by atoms with van der Waals surface area (Å²) in [6.07, 6.45) is -0.876. The summed E-state index contributed by atoms with van der Waals surface area (Å²) in [5, 5.41) is 1.97. The Kier molecular flexibility index (Phi) is 8.19. The molecule has 1 atom stereocenters. The van der Waals surface area contributed by atoms with E-state index in [2.05, 4.69) is 4.98 Å². The summed E-state index contributed by atoms with van der Waals surface area (Å²) >= 11 is 6.45. The van der Waals surface area contributed by atoms with Crippen molar-refractivity contribution in [3.63, 3.8) is 0 Å². The molecule has 0 spiro atoms. The number of amides is 3. The molecule has 0 radical (unpaired) electrons. The lowest BCUT2D eigenvalue weighted by Crippen LogP contribution is -2.57. The number of nitrogens with two attached hydrogens (primary N) is 1. The number of halogens is 1. The maximum absolute atomic E-state index is 14.0. The van der Waals surface area contributed by atoms with Crippen LogP contribution in [-0.2, 0) is 9.53 Å². The number of hydrazine groups is 1. The average Bonchev–Trinajstić information content (AvgIpc) is 3.71. The zero-order valence-electron chi connectivity index (χ0n) is 25.9. The van der Waals surface area contributed by atoms with Crippen molar-refractivity contribution in [1.29, 1.82) is 0 Å². The highest BCUT2D eigenvalue weighted by Gasteiger charge is 2.41. The van der Waals surface area contributed by atoms with E-state index in [4.69, 9.17) is 36.1 Å². The standard InChI is InChI=1S/C31H34ClN5O8/c1-15-23(28(39)43-7)25-24-17(13-32)14-37(27(38)22-11-16-10-18(42-6)8-9-20(16)44-22)19(24)12-21(26(25)34-15)45-30(41)35(4)31(2,3)29(40)36(5)33/h8-12,17,34H,13-14,33H2,1-7H3. The zero-order chi connectivity index (χ0) is 33.0. The molecule has 4 aromatic rings. The summed E-state index contributed by atoms with van der Waals surface area (Å²) < 4.78 is 22.2. The van der Waals surface area contributed by atoms with E-state index in [1.807, 2.05) is 0 Å². The number of hydrogen-bond donors (Lipinski definition) is 2. The fourth-order valence-corrected chi connectivity index (χ4v) is 5.89. The zero-order valence-corrected chi connectivity index (χ0v) is 26.7. The van der Waals surface area contributed by atoms with Crippen molar-refractivity contribution in [2.24, 2.45) is 5.84 Å². The molecule has 1 unspecified atom stereocenters. The quantitative estimate of drug-likeness (QED) is 0.0972. The molecule has 3 amide bonds. The first kappa shape index (κ1) is 31.7. The number of aromatic amines is 1. The smallest absolute Gasteiger partial charge is 0.415 e. The number of alkyl halides is 1. The van der Waals surface area contributed by atoms with Crippen LogP contribution in [0.2, 0.25) is 0 Å². The molecule has 0 saturated heterocycles. The number of methoxy groups -OCH3 is 2. The molecular formula is C31H34ClN5O8. The minimum absolute atomic E-state index is 0.0190. The highest BCUT2D eigenvalue weighted by Crippen LogP contribution is 2.48. The van der Waals surface area contributed by atoms with Crippen molar-refractivity contribution >= 4 is 63.0 Å². The van der Waals surface area contributed by atoms with Gasteiger partial charge in [-0.1, -0.05) is 0 Å². The normalized spacial score (nSPS) is 14.4. The largest absolute Gasteiger partial charge is 0.497 e. The fraction of sp³-hybridized carbons (Fsp3) is 0.355. The number of esters is 1. The lowest BCUT2D eigenvalue weighted by molar-refractivity contribution is -0.139. The number of carbonyl (C=O) groups is 4. The minimum Gasteiger partial charge on any atom is -0.497 e. The Balaban J connectivity index is 1.66. The predicted molar refractivity (Wildman–Crippen MR) is 167 cm³/mol. The third-order valence-electron chi connectivity index (χ3n) is 8.26. The lowest BCUT2D eigenvalue weighted by atomic mass is 9.95. The number of nitrogens with one attached hydrogen (secondary N) is 1. The van der Waals surface area contributed by atoms with Crippen molar-refractivity contribution in [1.82, 2.24) is 14.9 Å². The summed E-state index contributed by atoms with van der Waals surface area (Å²) in [5.74, 6) is 4.48. The van der Waals surface area contributed by atoms with E-state index in [0.29, 0.717) is 44.6 Å². The number of furan rings is 1. The molecule has 3 heterocycles. The number of benzene rings is 2. The van der Waals surface area contributed by atoms with Gasteiger partial charge < -0.3 is 28.5 Å². The summed E-state index contributed by atoms with van der Waals surface area (Å²) in [5.41, 5.74) is 1.13. The van der Waals surface area contributed by atoms with Gasteiger partial charge in [0.25, 0.3) is 11.8 Å². The molecule has 238 valence electrons. The summed E-state index contributed by atoms with van der Waals surface area (Å²) in [6, 6.07) is 8.36. The molecule has 0 saturated carbocycles. The molecule has 5 rings (SSSR count). The van der Waals surface area contributed by atoms with Crippen molar-refractivity contribution in [2.75, 3.05) is 45.6 Å². The van der Waals surface area contributed by atoms with Gasteiger partial charge in [-0.15, -0.1) is 11.6 Å². The number of aryl methyl sites for hydroxylation is 1. The van der Waals surface area contributed by atoms with Crippen molar-refractivity contribution in [3.05, 3.63) is 52.9 Å². The number of ether oxygens (including phenoxy) is 3. The molecule has 13 nitrogen and oxygen atoms in total. The van der Waals surface area contributed by atoms with Crippen molar-refractivity contribution in [2.45, 2.75) is 32.2 Å². The molecule has 0 aliphatic carbocycles. The Bertz CT molecular complexity index is 1860. The molecule has 14 heteroatoms. The fourth-order valence-electron chi connectivity index (χ4n) is 5.64. The van der Waals surface area contributed by atoms with Gasteiger partial charge in [-0.2, -0.15) is 0 Å². The number of aromatic nitrogens is 1. The number of carbonyl (C=O) groups excluding carboxylic acids is 4. The molecule has 2 aromatic carbocycles. The Morgan fingerprint density at radius 2 is 1.87 bits per heavy atom. The molecule has 1 aliphatic heterocycles. The van der Waals surface area contributed by atoms with Gasteiger partial charge in [-0.3, -0.25) is 19.5 Å². The highest BCUT2D eigenvalue weighted by molar-refractivity contribution is 6.20. The van der Waals surface area contributed by atoms with E-state index in [1.54, 1.807) is 44.4 Å². The lowest BCUT2D eigenvalue weighted by Gasteiger charge is -2.34. The van der Waals surface area contributed by atoms with Gasteiger partial charge in [-0.05, 0) is 50.6 Å². The molecule has 0 bridgehead atoms. The first-order valence-corrected chi connectivity index (χ1v) is 14.5. The number of anilines is 1. The van der Waals surface area contributed by atoms with Crippen LogP contribution >= 0.6 is 11.6 Å². The second-order valence-electron chi connectivity index (χ2n) is 11.4. The van der Waals surface area contributed by atoms with Crippen LogP contribution in [0.5, 0.6) is 11.5 Å². The van der Waals surface area contributed by atoms with Crippen LogP contribution in [0.4, 0.5) is 10.5 Å². The van der Waals surface area contributed by atoms with E-state index in [9.17, 15) is 19.2 Å². The van der Waals surface area contributed by atoms with Gasteiger partial charge >= 0.3 is 12.1 Å². The second kappa shape index (κ2) is 11.6. The summed E-state index contributed by atoms with van der Waals surface area (Å²) in [4.78, 5) is 59.0. The van der Waals surface area contributed by atoms with Crippen LogP contribution in [0.15, 0.2) is 34.7 Å². The minimum atomic E-state index is -1.37. The van der Waals surface area contributed by atoms with Crippen LogP contribution in [0, 0.1) is 6.92 Å². The van der Waals surface area contributed by atoms with E-state index in [1.165, 1.54) is 40.0 Å². The molecule has 3 N–H and O–H groups in total. The maximum atomic E-state index is 14.0. The van der Waals surface area contributed by atoms with Crippen LogP contribution < -0.4 is 20.2 Å². The topological polar surface area (TPSA) is 161 Å². The van der Waals surface area contributed by atoms with E-state index >= 15 is 0 Å². The van der Waals surface area contributed by atoms with Crippen molar-refractivity contribution < 1.29 is 37.8 Å². The first-order valence-electron chi connectivity index (χ1n) is 14.0. The number of hydrogen-bond acceptors (Lipinski definition) is 9. The SMILES string of the molecule is COC(=O)c1c(C)[nH]c2c(OC(=O)N(C)C(C)(C)C(=O)N(C)N)cc3c(c12)C(CCl)CN3C(=O)c1cc2cc(OC)ccc2o1. The predicted octanol–water partition coefficient (Wildman–Crippen LogP) is 4.54. The highest BCUT2D eigenvalue weighted by atomic mass is 35.5. The molecule has 2 aromatic heterocycles. The Morgan fingerprint density at radius 1 is 1.16 bits per heavy atom. The van der Waals surface area contributed by atoms with Gasteiger partial charge in [0.05, 0.1) is 31.0 Å². The number of H-pyrrole nitrogens is 1. The maximum Gasteiger partial charge on any atom is 0.415 e. The van der Waals surface area contributed by atoms with Crippen LogP contribution in [0.3, 0.4) is 0 Å². The molecule has 1 aliphatic rings. The third-order valence-corrected chi connectivity index (χ3v) is 8.63. The van der Waals surface area contributed by atoms with Crippen LogP contribution in [-0.4, -0.2) is 85.0 Å². The average molecular weight is 640 g/mol. The van der Waals surface area contributed by atoms with E-state index in [-0.39, 0.29) is 35.4 Å². The molecule has 45 heavy (non-hydrogen) atoms. The van der Waals surface area contributed by atoms with Crippen molar-refractivity contribution in [3.8, 4) is 11.5 Å². The number of likely N-dealkylation sites (N-methyl/N-ethyl adjacent to an activating group) is 2. The number of rotatable bonds is 7. The summed E-state index contributed by atoms with van der Waals surface area (Å²) in [7, 11) is 5.59. The Hall–Kier alpha value is -4.75. The first-order chi connectivity index (χ1) is 21.2. The third kappa shape index (κ3) is 5.21. The Morgan fingerprint density at radius 3 is 2.49 bits per heavy atom. The van der Waals surface area contributed by atoms with Gasteiger partial charge in [0.15, 0.2) is 11.5 Å². The van der Waals surface area contributed by atoms with E-state index in [0.717, 1.165) is 9.91 Å². The van der Waals surface area contributed by atoms with Gasteiger partial charge in [0.1, 0.15) is 16.9 Å². The number of fused-ring (bicyclic) bond motifs is 4.